The van der Waals surface area contributed by atoms with Crippen LogP contribution in [0.2, 0.25) is 0 Å². The first-order valence-corrected chi connectivity index (χ1v) is 6.82. The standard InChI is InChI=1S/C5H6OS4/c6-5-9-3-4(10-5)8-2-1-7-3/h3-4H,1-2H2/t3-,4-/m0/s1. The molecular weight excluding hydrogens is 204 g/mol. The van der Waals surface area contributed by atoms with Crippen LogP contribution >= 0.6 is 47.0 Å². The van der Waals surface area contributed by atoms with E-state index in [0.717, 1.165) is 0 Å². The maximum absolute atomic E-state index is 10.9. The van der Waals surface area contributed by atoms with E-state index in [1.807, 2.05) is 23.5 Å². The third-order valence-electron chi connectivity index (χ3n) is 1.29. The van der Waals surface area contributed by atoms with Crippen LogP contribution in [0, 0.1) is 0 Å². The van der Waals surface area contributed by atoms with Gasteiger partial charge in [-0.25, -0.2) is 0 Å². The molecule has 2 aliphatic rings. The summed E-state index contributed by atoms with van der Waals surface area (Å²) in [5.74, 6) is 2.43. The third-order valence-corrected chi connectivity index (χ3v) is 7.69. The van der Waals surface area contributed by atoms with Crippen molar-refractivity contribution in [2.75, 3.05) is 11.5 Å². The van der Waals surface area contributed by atoms with Crippen molar-refractivity contribution in [3.05, 3.63) is 0 Å². The predicted octanol–water partition coefficient (Wildman–Crippen LogP) is 2.72. The molecule has 2 rings (SSSR count). The van der Waals surface area contributed by atoms with Gasteiger partial charge >= 0.3 is 0 Å². The number of carbonyl (C=O) groups is 1. The molecule has 2 saturated heterocycles. The van der Waals surface area contributed by atoms with Crippen LogP contribution in [0.25, 0.3) is 0 Å². The summed E-state index contributed by atoms with van der Waals surface area (Å²) < 4.78 is 1.42. The summed E-state index contributed by atoms with van der Waals surface area (Å²) in [7, 11) is 0. The highest BCUT2D eigenvalue weighted by molar-refractivity contribution is 8.49. The zero-order chi connectivity index (χ0) is 6.97. The molecule has 56 valence electrons. The Hall–Kier alpha value is 1.07. The van der Waals surface area contributed by atoms with E-state index in [1.54, 1.807) is 0 Å². The molecule has 0 unspecified atom stereocenters. The molecule has 1 nitrogen and oxygen atoms in total. The van der Waals surface area contributed by atoms with Crippen LogP contribution in [0.5, 0.6) is 0 Å². The van der Waals surface area contributed by atoms with Gasteiger partial charge in [-0.3, -0.25) is 4.79 Å². The lowest BCUT2D eigenvalue weighted by Crippen LogP contribution is -2.14. The Kier molecular flexibility index (Phi) is 2.47. The second-order valence-corrected chi connectivity index (χ2v) is 7.55. The lowest BCUT2D eigenvalue weighted by Gasteiger charge is -2.20. The fourth-order valence-electron chi connectivity index (χ4n) is 0.882. The Morgan fingerprint density at radius 3 is 2.10 bits per heavy atom. The zero-order valence-corrected chi connectivity index (χ0v) is 8.38. The minimum atomic E-state index is 0.317. The molecule has 2 heterocycles. The smallest absolute Gasteiger partial charge is 0.248 e. The van der Waals surface area contributed by atoms with Crippen LogP contribution in [0.3, 0.4) is 0 Å². The summed E-state index contributed by atoms with van der Waals surface area (Å²) in [5, 5.41) is 0. The van der Waals surface area contributed by atoms with E-state index in [2.05, 4.69) is 0 Å². The van der Waals surface area contributed by atoms with Crippen LogP contribution in [0.1, 0.15) is 0 Å². The molecule has 0 aromatic heterocycles. The molecule has 2 atom stereocenters. The van der Waals surface area contributed by atoms with Crippen molar-refractivity contribution in [1.29, 1.82) is 0 Å². The second-order valence-electron chi connectivity index (χ2n) is 1.96. The summed E-state index contributed by atoms with van der Waals surface area (Å²) in [6.45, 7) is 0. The second kappa shape index (κ2) is 3.21. The van der Waals surface area contributed by atoms with Crippen molar-refractivity contribution in [3.8, 4) is 0 Å². The molecule has 0 saturated carbocycles. The molecule has 0 spiro atoms. The number of rotatable bonds is 0. The number of fused-ring (bicyclic) bond motifs is 1. The van der Waals surface area contributed by atoms with Gasteiger partial charge in [0.25, 0.3) is 0 Å². The van der Waals surface area contributed by atoms with Crippen LogP contribution in [0.4, 0.5) is 4.79 Å². The minimum Gasteiger partial charge on any atom is -0.274 e. The molecule has 0 radical (unpaired) electrons. The maximum Gasteiger partial charge on any atom is 0.248 e. The molecule has 0 aromatic carbocycles. The first-order chi connectivity index (χ1) is 4.86. The summed E-state index contributed by atoms with van der Waals surface area (Å²) >= 11 is 6.91. The summed E-state index contributed by atoms with van der Waals surface area (Å²) in [5.41, 5.74) is 0. The number of hydrogen-bond acceptors (Lipinski definition) is 5. The predicted molar refractivity (Wildman–Crippen MR) is 53.1 cm³/mol. The van der Waals surface area contributed by atoms with Gasteiger partial charge in [0.2, 0.25) is 4.45 Å². The Morgan fingerprint density at radius 1 is 1.10 bits per heavy atom. The van der Waals surface area contributed by atoms with E-state index in [4.69, 9.17) is 0 Å². The Morgan fingerprint density at radius 2 is 1.60 bits per heavy atom. The van der Waals surface area contributed by atoms with Crippen molar-refractivity contribution in [1.82, 2.24) is 0 Å². The Bertz CT molecular complexity index is 144. The number of carbonyl (C=O) groups excluding carboxylic acids is 1. The van der Waals surface area contributed by atoms with Crippen LogP contribution in [0.15, 0.2) is 0 Å². The molecule has 0 N–H and O–H groups in total. The van der Waals surface area contributed by atoms with Gasteiger partial charge in [0.1, 0.15) is 0 Å². The zero-order valence-electron chi connectivity index (χ0n) is 5.11. The van der Waals surface area contributed by atoms with Gasteiger partial charge in [0.05, 0.1) is 9.16 Å². The Labute approximate surface area is 76.8 Å². The summed E-state index contributed by atoms with van der Waals surface area (Å²) in [6.07, 6.45) is 0. The van der Waals surface area contributed by atoms with E-state index >= 15 is 0 Å². The lowest BCUT2D eigenvalue weighted by atomic mass is 10.9. The topological polar surface area (TPSA) is 17.1 Å². The minimum absolute atomic E-state index is 0.317. The number of hydrogen-bond donors (Lipinski definition) is 0. The molecule has 10 heavy (non-hydrogen) atoms. The van der Waals surface area contributed by atoms with Gasteiger partial charge in [-0.05, 0) is 0 Å². The SMILES string of the molecule is O=C1S[C@@H]2SCCS[C@H]2S1. The van der Waals surface area contributed by atoms with Crippen molar-refractivity contribution >= 4 is 51.5 Å². The molecular formula is C5H6OS4. The highest BCUT2D eigenvalue weighted by Gasteiger charge is 2.37. The van der Waals surface area contributed by atoms with E-state index in [1.165, 1.54) is 35.0 Å². The molecule has 5 heteroatoms. The third kappa shape index (κ3) is 1.47. The first-order valence-electron chi connectivity index (χ1n) is 2.97. The van der Waals surface area contributed by atoms with Gasteiger partial charge in [-0.2, -0.15) is 0 Å². The normalized spacial score (nSPS) is 39.8. The summed E-state index contributed by atoms with van der Waals surface area (Å²) in [6, 6.07) is 0. The largest absolute Gasteiger partial charge is 0.274 e. The molecule has 0 amide bonds. The molecule has 0 aromatic rings. The van der Waals surface area contributed by atoms with Gasteiger partial charge in [0.15, 0.2) is 0 Å². The molecule has 2 fully saturated rings. The van der Waals surface area contributed by atoms with Gasteiger partial charge in [0, 0.05) is 11.5 Å². The van der Waals surface area contributed by atoms with E-state index < -0.39 is 0 Å². The molecule has 0 aliphatic carbocycles. The van der Waals surface area contributed by atoms with Crippen molar-refractivity contribution in [2.24, 2.45) is 0 Å². The van der Waals surface area contributed by atoms with Crippen LogP contribution in [-0.2, 0) is 0 Å². The van der Waals surface area contributed by atoms with Crippen molar-refractivity contribution < 1.29 is 4.79 Å². The van der Waals surface area contributed by atoms with Crippen molar-refractivity contribution in [3.63, 3.8) is 0 Å². The van der Waals surface area contributed by atoms with Gasteiger partial charge in [-0.15, -0.1) is 23.5 Å². The van der Waals surface area contributed by atoms with E-state index in [0.29, 0.717) is 13.6 Å². The quantitative estimate of drug-likeness (QED) is 0.609. The van der Waals surface area contributed by atoms with Crippen LogP contribution < -0.4 is 0 Å². The Balaban J connectivity index is 2.04. The highest BCUT2D eigenvalue weighted by atomic mass is 32.3. The fraction of sp³-hybridized carbons (Fsp3) is 0.800. The highest BCUT2D eigenvalue weighted by Crippen LogP contribution is 2.51. The maximum atomic E-state index is 10.9. The molecule has 0 bridgehead atoms. The average Bonchev–Trinajstić information content (AvgIpc) is 2.27. The van der Waals surface area contributed by atoms with E-state index in [9.17, 15) is 4.79 Å². The van der Waals surface area contributed by atoms with Crippen LogP contribution in [-0.4, -0.2) is 25.1 Å². The molecule has 2 aliphatic heterocycles. The van der Waals surface area contributed by atoms with E-state index in [-0.39, 0.29) is 0 Å². The summed E-state index contributed by atoms with van der Waals surface area (Å²) in [4.78, 5) is 10.9. The van der Waals surface area contributed by atoms with Gasteiger partial charge in [-0.1, -0.05) is 23.5 Å². The first kappa shape index (κ1) is 7.71. The van der Waals surface area contributed by atoms with Gasteiger partial charge < -0.3 is 0 Å². The van der Waals surface area contributed by atoms with Crippen molar-refractivity contribution in [2.45, 2.75) is 9.16 Å². The fourth-order valence-corrected chi connectivity index (χ4v) is 7.50. The average molecular weight is 210 g/mol. The monoisotopic (exact) mass is 210 g/mol. The number of thioether (sulfide) groups is 4. The lowest BCUT2D eigenvalue weighted by molar-refractivity contribution is 0.277.